The molecule has 1 fully saturated rings. The lowest BCUT2D eigenvalue weighted by molar-refractivity contribution is -0.120. The van der Waals surface area contributed by atoms with E-state index in [0.29, 0.717) is 18.0 Å². The third kappa shape index (κ3) is 3.85. The van der Waals surface area contributed by atoms with Crippen molar-refractivity contribution in [3.05, 3.63) is 59.5 Å². The number of aromatic nitrogens is 4. The minimum Gasteiger partial charge on any atom is -0.493 e. The Morgan fingerprint density at radius 2 is 2.00 bits per heavy atom. The molecule has 1 aliphatic rings. The molecule has 3 aromatic heterocycles. The lowest BCUT2D eigenvalue weighted by atomic mass is 9.90. The summed E-state index contributed by atoms with van der Waals surface area (Å²) in [7, 11) is 0. The molecule has 0 spiro atoms. The molecule has 1 aromatic carbocycles. The highest BCUT2D eigenvalue weighted by Gasteiger charge is 2.34. The van der Waals surface area contributed by atoms with E-state index in [1.54, 1.807) is 6.20 Å². The zero-order valence-electron chi connectivity index (χ0n) is 18.3. The molecule has 0 atom stereocenters. The summed E-state index contributed by atoms with van der Waals surface area (Å²) in [6.45, 7) is 8.03. The fourth-order valence-electron chi connectivity index (χ4n) is 3.66. The van der Waals surface area contributed by atoms with E-state index in [1.807, 2.05) is 50.2 Å². The zero-order valence-corrected chi connectivity index (χ0v) is 18.3. The molecule has 0 bridgehead atoms. The first-order valence-corrected chi connectivity index (χ1v) is 10.5. The van der Waals surface area contributed by atoms with Crippen LogP contribution in [-0.4, -0.2) is 45.9 Å². The van der Waals surface area contributed by atoms with Gasteiger partial charge in [-0.2, -0.15) is 5.10 Å². The monoisotopic (exact) mass is 431 g/mol. The van der Waals surface area contributed by atoms with Gasteiger partial charge < -0.3 is 19.8 Å². The number of carbonyl (C=O) groups is 1. The van der Waals surface area contributed by atoms with Crippen molar-refractivity contribution in [2.45, 2.75) is 20.8 Å². The summed E-state index contributed by atoms with van der Waals surface area (Å²) < 4.78 is 11.2. The number of H-pyrrole nitrogens is 2. The first-order valence-electron chi connectivity index (χ1n) is 10.5. The van der Waals surface area contributed by atoms with Crippen LogP contribution in [0.4, 0.5) is 5.69 Å². The Balaban J connectivity index is 1.30. The van der Waals surface area contributed by atoms with Crippen LogP contribution in [0.5, 0.6) is 5.75 Å². The van der Waals surface area contributed by atoms with Gasteiger partial charge in [-0.15, -0.1) is 0 Å². The van der Waals surface area contributed by atoms with Crippen LogP contribution < -0.4 is 10.1 Å². The normalized spacial score (nSPS) is 14.8. The molecule has 1 aliphatic heterocycles. The summed E-state index contributed by atoms with van der Waals surface area (Å²) in [6.07, 6.45) is 1.64. The Labute approximate surface area is 185 Å². The third-order valence-corrected chi connectivity index (χ3v) is 5.86. The molecule has 8 heteroatoms. The number of nitrogens with zero attached hydrogens (tertiary/aromatic N) is 2. The summed E-state index contributed by atoms with van der Waals surface area (Å²) in [4.78, 5) is 20.3. The summed E-state index contributed by atoms with van der Waals surface area (Å²) in [5, 5.41) is 10.7. The number of aromatic amines is 2. The molecular formula is C24H25N5O3. The molecule has 4 heterocycles. The van der Waals surface area contributed by atoms with Crippen molar-refractivity contribution in [3.8, 4) is 17.0 Å². The number of benzene rings is 1. The van der Waals surface area contributed by atoms with Gasteiger partial charge in [-0.05, 0) is 55.8 Å². The average Bonchev–Trinajstić information content (AvgIpc) is 3.34. The standard InChI is InChI=1S/C24H25N5O3/c1-14-15(2)28-29-21(14)23(30)26-18-8-17-9-20(27-22(17)25-10-18)16-4-6-19(7-5-16)32-13-24(3)11-31-12-24/h4-10H,11-13H2,1-3H3,(H,25,27)(H,26,30)(H,28,29). The summed E-state index contributed by atoms with van der Waals surface area (Å²) in [5.74, 6) is 0.600. The maximum atomic E-state index is 12.5. The third-order valence-electron chi connectivity index (χ3n) is 5.86. The van der Waals surface area contributed by atoms with Crippen LogP contribution in [0.3, 0.4) is 0 Å². The first-order chi connectivity index (χ1) is 15.4. The number of aryl methyl sites for hydroxylation is 1. The highest BCUT2D eigenvalue weighted by Crippen LogP contribution is 2.29. The second-order valence-corrected chi connectivity index (χ2v) is 8.72. The molecule has 0 radical (unpaired) electrons. The van der Waals surface area contributed by atoms with E-state index in [2.05, 4.69) is 32.4 Å². The predicted octanol–water partition coefficient (Wildman–Crippen LogP) is 4.24. The summed E-state index contributed by atoms with van der Waals surface area (Å²) in [6, 6.07) is 11.9. The van der Waals surface area contributed by atoms with Gasteiger partial charge >= 0.3 is 0 Å². The van der Waals surface area contributed by atoms with E-state index in [4.69, 9.17) is 9.47 Å². The van der Waals surface area contributed by atoms with Crippen molar-refractivity contribution < 1.29 is 14.3 Å². The molecule has 3 N–H and O–H groups in total. The topological polar surface area (TPSA) is 105 Å². The number of nitrogens with one attached hydrogen (secondary N) is 3. The molecule has 5 rings (SSSR count). The molecule has 164 valence electrons. The number of ether oxygens (including phenoxy) is 2. The number of amides is 1. The van der Waals surface area contributed by atoms with Gasteiger partial charge in [0.1, 0.15) is 17.1 Å². The van der Waals surface area contributed by atoms with Gasteiger partial charge in [-0.3, -0.25) is 9.89 Å². The minimum absolute atomic E-state index is 0.115. The van der Waals surface area contributed by atoms with Crippen molar-refractivity contribution in [1.82, 2.24) is 20.2 Å². The zero-order chi connectivity index (χ0) is 22.3. The molecule has 1 amide bonds. The van der Waals surface area contributed by atoms with E-state index in [-0.39, 0.29) is 11.3 Å². The van der Waals surface area contributed by atoms with Crippen LogP contribution in [0.2, 0.25) is 0 Å². The van der Waals surface area contributed by atoms with Gasteiger partial charge in [0.15, 0.2) is 0 Å². The molecule has 8 nitrogen and oxygen atoms in total. The van der Waals surface area contributed by atoms with Gasteiger partial charge in [-0.1, -0.05) is 6.92 Å². The van der Waals surface area contributed by atoms with Crippen LogP contribution in [0, 0.1) is 19.3 Å². The number of pyridine rings is 1. The van der Waals surface area contributed by atoms with Crippen molar-refractivity contribution in [2.24, 2.45) is 5.41 Å². The van der Waals surface area contributed by atoms with E-state index in [1.165, 1.54) is 0 Å². The Hall–Kier alpha value is -3.65. The van der Waals surface area contributed by atoms with Crippen LogP contribution in [-0.2, 0) is 4.74 Å². The van der Waals surface area contributed by atoms with E-state index < -0.39 is 0 Å². The highest BCUT2D eigenvalue weighted by atomic mass is 16.5. The summed E-state index contributed by atoms with van der Waals surface area (Å²) >= 11 is 0. The fraction of sp³-hybridized carbons (Fsp3) is 0.292. The smallest absolute Gasteiger partial charge is 0.273 e. The van der Waals surface area contributed by atoms with Gasteiger partial charge in [0.2, 0.25) is 0 Å². The van der Waals surface area contributed by atoms with Crippen molar-refractivity contribution in [3.63, 3.8) is 0 Å². The minimum atomic E-state index is -0.238. The van der Waals surface area contributed by atoms with Crippen molar-refractivity contribution in [2.75, 3.05) is 25.1 Å². The SMILES string of the molecule is Cc1n[nH]c(C(=O)Nc2cnc3[nH]c(-c4ccc(OCC5(C)COC5)cc4)cc3c2)c1C. The second kappa shape index (κ2) is 7.80. The van der Waals surface area contributed by atoms with Crippen LogP contribution in [0.1, 0.15) is 28.7 Å². The number of hydrogen-bond donors (Lipinski definition) is 3. The lowest BCUT2D eigenvalue weighted by Crippen LogP contribution is -2.44. The summed E-state index contributed by atoms with van der Waals surface area (Å²) in [5.41, 5.74) is 5.57. The van der Waals surface area contributed by atoms with Gasteiger partial charge in [-0.25, -0.2) is 4.98 Å². The molecule has 0 aliphatic carbocycles. The van der Waals surface area contributed by atoms with Crippen LogP contribution in [0.15, 0.2) is 42.6 Å². The Bertz CT molecular complexity index is 1280. The Kier molecular flexibility index (Phi) is 4.94. The maximum absolute atomic E-state index is 12.5. The molecule has 0 unspecified atom stereocenters. The van der Waals surface area contributed by atoms with E-state index >= 15 is 0 Å². The van der Waals surface area contributed by atoms with Crippen molar-refractivity contribution >= 4 is 22.6 Å². The number of fused-ring (bicyclic) bond motifs is 1. The van der Waals surface area contributed by atoms with Gasteiger partial charge in [0.05, 0.1) is 37.4 Å². The molecule has 4 aromatic rings. The molecule has 1 saturated heterocycles. The largest absolute Gasteiger partial charge is 0.493 e. The van der Waals surface area contributed by atoms with Gasteiger partial charge in [0, 0.05) is 22.1 Å². The fourth-order valence-corrected chi connectivity index (χ4v) is 3.66. The highest BCUT2D eigenvalue weighted by molar-refractivity contribution is 6.04. The predicted molar refractivity (Wildman–Crippen MR) is 122 cm³/mol. The lowest BCUT2D eigenvalue weighted by Gasteiger charge is -2.37. The number of hydrogen-bond acceptors (Lipinski definition) is 5. The van der Waals surface area contributed by atoms with Crippen LogP contribution >= 0.6 is 0 Å². The maximum Gasteiger partial charge on any atom is 0.273 e. The number of rotatable bonds is 6. The number of carbonyl (C=O) groups excluding carboxylic acids is 1. The van der Waals surface area contributed by atoms with Crippen molar-refractivity contribution in [1.29, 1.82) is 0 Å². The first kappa shape index (κ1) is 20.3. The molecule has 32 heavy (non-hydrogen) atoms. The average molecular weight is 431 g/mol. The van der Waals surface area contributed by atoms with Crippen LogP contribution in [0.25, 0.3) is 22.3 Å². The van der Waals surface area contributed by atoms with Gasteiger partial charge in [0.25, 0.3) is 5.91 Å². The Morgan fingerprint density at radius 3 is 2.66 bits per heavy atom. The molecule has 0 saturated carbocycles. The second-order valence-electron chi connectivity index (χ2n) is 8.72. The number of anilines is 1. The quantitative estimate of drug-likeness (QED) is 0.424. The van der Waals surface area contributed by atoms with E-state index in [9.17, 15) is 4.79 Å². The molecular weight excluding hydrogens is 406 g/mol. The Morgan fingerprint density at radius 1 is 1.22 bits per heavy atom. The van der Waals surface area contributed by atoms with E-state index in [0.717, 1.165) is 52.5 Å².